The molecule has 7 heteroatoms. The number of nitrogens with zero attached hydrogens (tertiary/aromatic N) is 6. The summed E-state index contributed by atoms with van der Waals surface area (Å²) in [6.45, 7) is 6.07. The van der Waals surface area contributed by atoms with Crippen LogP contribution in [0.15, 0.2) is 54.2 Å². The quantitative estimate of drug-likeness (QED) is 0.669. The van der Waals surface area contributed by atoms with E-state index in [2.05, 4.69) is 33.9 Å². The molecule has 3 aromatic heterocycles. The predicted molar refractivity (Wildman–Crippen MR) is 115 cm³/mol. The van der Waals surface area contributed by atoms with E-state index in [0.717, 1.165) is 42.3 Å². The summed E-state index contributed by atoms with van der Waals surface area (Å²) in [5, 5.41) is 0. The summed E-state index contributed by atoms with van der Waals surface area (Å²) in [6.07, 6.45) is 9.79. The Morgan fingerprint density at radius 3 is 2.73 bits per heavy atom. The Hall–Kier alpha value is -3.06. The highest BCUT2D eigenvalue weighted by Crippen LogP contribution is 2.44. The van der Waals surface area contributed by atoms with Crippen molar-refractivity contribution in [1.29, 1.82) is 0 Å². The van der Waals surface area contributed by atoms with Gasteiger partial charge in [-0.25, -0.2) is 9.97 Å². The first kappa shape index (κ1) is 18.9. The maximum atomic E-state index is 5.61. The third-order valence-corrected chi connectivity index (χ3v) is 6.35. The molecule has 2 atom stereocenters. The van der Waals surface area contributed by atoms with Crippen LogP contribution in [0.25, 0.3) is 5.69 Å². The first-order chi connectivity index (χ1) is 14.6. The number of ether oxygens (including phenoxy) is 1. The van der Waals surface area contributed by atoms with Crippen molar-refractivity contribution >= 4 is 5.71 Å². The number of imidazole rings is 1. The van der Waals surface area contributed by atoms with E-state index in [-0.39, 0.29) is 5.66 Å². The number of rotatable bonds is 4. The third kappa shape index (κ3) is 3.10. The topological polar surface area (TPSA) is 68.4 Å². The largest absolute Gasteiger partial charge is 0.479 e. The zero-order valence-corrected chi connectivity index (χ0v) is 17.6. The number of piperidine rings is 1. The van der Waals surface area contributed by atoms with Crippen molar-refractivity contribution in [3.05, 3.63) is 66.1 Å². The number of aliphatic imine (C=N–C) groups is 1. The molecule has 30 heavy (non-hydrogen) atoms. The number of aryl methyl sites for hydroxylation is 1. The Morgan fingerprint density at radius 1 is 1.17 bits per heavy atom. The zero-order chi connectivity index (χ0) is 20.7. The van der Waals surface area contributed by atoms with Gasteiger partial charge in [-0.15, -0.1) is 0 Å². The molecule has 2 aliphatic heterocycles. The Bertz CT molecular complexity index is 1090. The lowest BCUT2D eigenvalue weighted by atomic mass is 9.80. The average molecular weight is 403 g/mol. The zero-order valence-electron chi connectivity index (χ0n) is 17.6. The normalized spacial score (nSPS) is 23.8. The molecular formula is C23H26N6O. The van der Waals surface area contributed by atoms with Crippen LogP contribution in [0.2, 0.25) is 0 Å². The molecule has 154 valence electrons. The van der Waals surface area contributed by atoms with Gasteiger partial charge in [-0.2, -0.15) is 0 Å². The molecule has 7 nitrogen and oxygen atoms in total. The van der Waals surface area contributed by atoms with Gasteiger partial charge in [0.15, 0.2) is 0 Å². The Morgan fingerprint density at radius 2 is 2.00 bits per heavy atom. The minimum atomic E-state index is -0.260. The maximum Gasteiger partial charge on any atom is 0.238 e. The minimum absolute atomic E-state index is 0.260. The Kier molecular flexibility index (Phi) is 4.62. The summed E-state index contributed by atoms with van der Waals surface area (Å²) in [7, 11) is 1.65. The highest BCUT2D eigenvalue weighted by molar-refractivity contribution is 6.02. The third-order valence-electron chi connectivity index (χ3n) is 6.35. The molecule has 0 amide bonds. The molecule has 0 saturated carbocycles. The lowest BCUT2D eigenvalue weighted by Gasteiger charge is -2.44. The summed E-state index contributed by atoms with van der Waals surface area (Å²) >= 11 is 0. The lowest BCUT2D eigenvalue weighted by Crippen LogP contribution is -2.50. The van der Waals surface area contributed by atoms with Crippen LogP contribution >= 0.6 is 0 Å². The molecule has 0 aromatic carbocycles. The van der Waals surface area contributed by atoms with Crippen LogP contribution < -0.4 is 4.74 Å². The number of hydrogen-bond acceptors (Lipinski definition) is 6. The van der Waals surface area contributed by atoms with E-state index in [9.17, 15) is 0 Å². The second kappa shape index (κ2) is 7.32. The lowest BCUT2D eigenvalue weighted by molar-refractivity contribution is 0.0783. The molecule has 0 radical (unpaired) electrons. The first-order valence-corrected chi connectivity index (χ1v) is 10.4. The summed E-state index contributed by atoms with van der Waals surface area (Å²) in [6, 6.07) is 8.31. The smallest absolute Gasteiger partial charge is 0.238 e. The SMILES string of the molecule is COc1nc(C2=NC3(C)C(c4ccncc4)CCCN3C2)ccc1-n1cnc(C)c1. The Balaban J connectivity index is 1.51. The second-order valence-corrected chi connectivity index (χ2v) is 8.20. The van der Waals surface area contributed by atoms with Crippen molar-refractivity contribution in [2.24, 2.45) is 4.99 Å². The molecule has 0 aliphatic carbocycles. The number of hydrogen-bond donors (Lipinski definition) is 0. The van der Waals surface area contributed by atoms with Crippen molar-refractivity contribution in [2.75, 3.05) is 20.2 Å². The van der Waals surface area contributed by atoms with E-state index in [1.807, 2.05) is 42.2 Å². The molecular weight excluding hydrogens is 376 g/mol. The van der Waals surface area contributed by atoms with Crippen LogP contribution in [0.5, 0.6) is 5.88 Å². The summed E-state index contributed by atoms with van der Waals surface area (Å²) in [5.74, 6) is 0.926. The molecule has 3 aromatic rings. The van der Waals surface area contributed by atoms with Gasteiger partial charge in [-0.05, 0) is 56.5 Å². The average Bonchev–Trinajstić information content (AvgIpc) is 3.36. The second-order valence-electron chi connectivity index (χ2n) is 8.20. The van der Waals surface area contributed by atoms with Crippen molar-refractivity contribution in [1.82, 2.24) is 24.4 Å². The van der Waals surface area contributed by atoms with Gasteiger partial charge >= 0.3 is 0 Å². The summed E-state index contributed by atoms with van der Waals surface area (Å²) in [4.78, 5) is 21.0. The van der Waals surface area contributed by atoms with E-state index < -0.39 is 0 Å². The van der Waals surface area contributed by atoms with Crippen LogP contribution in [-0.4, -0.2) is 56.0 Å². The molecule has 0 spiro atoms. The molecule has 0 N–H and O–H groups in total. The van der Waals surface area contributed by atoms with Crippen molar-refractivity contribution in [2.45, 2.75) is 38.3 Å². The molecule has 5 rings (SSSR count). The van der Waals surface area contributed by atoms with Gasteiger partial charge in [0.05, 0.1) is 30.5 Å². The highest BCUT2D eigenvalue weighted by Gasteiger charge is 2.47. The van der Waals surface area contributed by atoms with Gasteiger partial charge in [0.1, 0.15) is 11.4 Å². The monoisotopic (exact) mass is 402 g/mol. The fourth-order valence-electron chi connectivity index (χ4n) is 4.79. The van der Waals surface area contributed by atoms with Crippen LogP contribution in [0.3, 0.4) is 0 Å². The maximum absolute atomic E-state index is 5.61. The highest BCUT2D eigenvalue weighted by atomic mass is 16.5. The first-order valence-electron chi connectivity index (χ1n) is 10.4. The fourth-order valence-corrected chi connectivity index (χ4v) is 4.79. The van der Waals surface area contributed by atoms with Crippen LogP contribution in [-0.2, 0) is 0 Å². The van der Waals surface area contributed by atoms with Crippen molar-refractivity contribution < 1.29 is 4.74 Å². The standard InChI is InChI=1S/C23H26N6O/c1-16-13-28(15-25-16)21-7-6-19(26-22(21)30-3)20-14-29-12-4-5-18(23(29,2)27-20)17-8-10-24-11-9-17/h6-11,13,15,18H,4-5,12,14H2,1-3H3. The molecule has 0 bridgehead atoms. The molecule has 2 aliphatic rings. The number of methoxy groups -OCH3 is 1. The van der Waals surface area contributed by atoms with Crippen LogP contribution in [0, 0.1) is 6.92 Å². The van der Waals surface area contributed by atoms with Gasteiger partial charge in [0.25, 0.3) is 0 Å². The van der Waals surface area contributed by atoms with E-state index in [1.54, 1.807) is 13.4 Å². The Labute approximate surface area is 176 Å². The van der Waals surface area contributed by atoms with E-state index in [0.29, 0.717) is 11.8 Å². The van der Waals surface area contributed by atoms with E-state index in [4.69, 9.17) is 14.7 Å². The van der Waals surface area contributed by atoms with Gasteiger partial charge in [0, 0.05) is 37.6 Å². The van der Waals surface area contributed by atoms with Gasteiger partial charge in [0.2, 0.25) is 5.88 Å². The molecule has 1 fully saturated rings. The van der Waals surface area contributed by atoms with Gasteiger partial charge in [-0.3, -0.25) is 14.9 Å². The van der Waals surface area contributed by atoms with Crippen LogP contribution in [0.1, 0.15) is 42.6 Å². The van der Waals surface area contributed by atoms with Gasteiger partial charge in [-0.1, -0.05) is 0 Å². The predicted octanol–water partition coefficient (Wildman–Crippen LogP) is 3.38. The number of aromatic nitrogens is 4. The molecule has 5 heterocycles. The summed E-state index contributed by atoms with van der Waals surface area (Å²) in [5.41, 5.74) is 4.76. The minimum Gasteiger partial charge on any atom is -0.479 e. The number of pyridine rings is 2. The number of fused-ring (bicyclic) bond motifs is 1. The van der Waals surface area contributed by atoms with Crippen LogP contribution in [0.4, 0.5) is 0 Å². The van der Waals surface area contributed by atoms with E-state index >= 15 is 0 Å². The van der Waals surface area contributed by atoms with Crippen molar-refractivity contribution in [3.63, 3.8) is 0 Å². The molecule has 2 unspecified atom stereocenters. The fraction of sp³-hybridized carbons (Fsp3) is 0.391. The van der Waals surface area contributed by atoms with Crippen molar-refractivity contribution in [3.8, 4) is 11.6 Å². The van der Waals surface area contributed by atoms with Gasteiger partial charge < -0.3 is 9.30 Å². The van der Waals surface area contributed by atoms with E-state index in [1.165, 1.54) is 12.0 Å². The molecule has 1 saturated heterocycles. The summed E-state index contributed by atoms with van der Waals surface area (Å²) < 4.78 is 7.54.